The van der Waals surface area contributed by atoms with E-state index in [0.717, 1.165) is 5.56 Å². The summed E-state index contributed by atoms with van der Waals surface area (Å²) in [5.74, 6) is 0. The fourth-order valence-electron chi connectivity index (χ4n) is 1.24. The highest BCUT2D eigenvalue weighted by atomic mass is 35.5. The van der Waals surface area contributed by atoms with Crippen LogP contribution in [0.5, 0.6) is 0 Å². The molecule has 1 heterocycles. The molecule has 1 aliphatic rings. The third kappa shape index (κ3) is 1.34. The molecule has 1 aromatic rings. The summed E-state index contributed by atoms with van der Waals surface area (Å²) in [7, 11) is 0. The van der Waals surface area contributed by atoms with Gasteiger partial charge in [0, 0.05) is 16.3 Å². The number of halogens is 1. The van der Waals surface area contributed by atoms with Crippen LogP contribution in [0.3, 0.4) is 0 Å². The highest BCUT2D eigenvalue weighted by Gasteiger charge is 2.22. The standard InChI is InChI=1S/C8H7ClN2O2/c9-6-2-1-3-7-5(6)4-11(13)8(12)10-7/h1-3,13H,4H2,(H,10,12). The largest absolute Gasteiger partial charge is 0.345 e. The van der Waals surface area contributed by atoms with Crippen LogP contribution in [0.1, 0.15) is 5.56 Å². The zero-order valence-corrected chi connectivity index (χ0v) is 7.38. The van der Waals surface area contributed by atoms with Crippen molar-refractivity contribution in [3.63, 3.8) is 0 Å². The van der Waals surface area contributed by atoms with Gasteiger partial charge < -0.3 is 5.32 Å². The van der Waals surface area contributed by atoms with Crippen LogP contribution in [0.2, 0.25) is 5.02 Å². The van der Waals surface area contributed by atoms with Gasteiger partial charge >= 0.3 is 6.03 Å². The third-order valence-electron chi connectivity index (χ3n) is 1.90. The number of rotatable bonds is 0. The van der Waals surface area contributed by atoms with Gasteiger partial charge in [-0.25, -0.2) is 9.86 Å². The maximum absolute atomic E-state index is 11.0. The summed E-state index contributed by atoms with van der Waals surface area (Å²) in [5.41, 5.74) is 1.38. The molecule has 4 nitrogen and oxygen atoms in total. The van der Waals surface area contributed by atoms with Crippen molar-refractivity contribution in [2.45, 2.75) is 6.54 Å². The molecule has 2 amide bonds. The molecule has 1 aromatic carbocycles. The predicted octanol–water partition coefficient (Wildman–Crippen LogP) is 2.08. The Balaban J connectivity index is 2.48. The molecule has 0 unspecified atom stereocenters. The van der Waals surface area contributed by atoms with Crippen LogP contribution in [-0.4, -0.2) is 16.3 Å². The number of carbonyl (C=O) groups is 1. The number of hydrogen-bond donors (Lipinski definition) is 2. The second-order valence-corrected chi connectivity index (χ2v) is 3.16. The maximum Gasteiger partial charge on any atom is 0.345 e. The van der Waals surface area contributed by atoms with E-state index in [1.807, 2.05) is 0 Å². The lowest BCUT2D eigenvalue weighted by molar-refractivity contribution is -0.0469. The minimum Gasteiger partial charge on any atom is -0.306 e. The van der Waals surface area contributed by atoms with Crippen LogP contribution < -0.4 is 5.32 Å². The number of hydrogen-bond acceptors (Lipinski definition) is 2. The molecule has 2 rings (SSSR count). The van der Waals surface area contributed by atoms with Crippen molar-refractivity contribution in [3.8, 4) is 0 Å². The van der Waals surface area contributed by atoms with E-state index in [4.69, 9.17) is 16.8 Å². The first-order valence-corrected chi connectivity index (χ1v) is 4.11. The molecule has 0 spiro atoms. The minimum atomic E-state index is -0.533. The molecule has 13 heavy (non-hydrogen) atoms. The number of benzene rings is 1. The number of anilines is 1. The molecular formula is C8H7ClN2O2. The second-order valence-electron chi connectivity index (χ2n) is 2.75. The average molecular weight is 199 g/mol. The van der Waals surface area contributed by atoms with Gasteiger partial charge in [-0.1, -0.05) is 17.7 Å². The van der Waals surface area contributed by atoms with Gasteiger partial charge in [0.25, 0.3) is 0 Å². The lowest BCUT2D eigenvalue weighted by Crippen LogP contribution is -2.36. The first-order chi connectivity index (χ1) is 6.18. The summed E-state index contributed by atoms with van der Waals surface area (Å²) in [6, 6.07) is 4.67. The molecule has 0 aliphatic carbocycles. The Hall–Kier alpha value is -1.26. The Bertz CT molecular complexity index is 367. The van der Waals surface area contributed by atoms with Crippen molar-refractivity contribution in [3.05, 3.63) is 28.8 Å². The number of nitrogens with one attached hydrogen (secondary N) is 1. The zero-order chi connectivity index (χ0) is 9.42. The molecule has 0 aromatic heterocycles. The summed E-state index contributed by atoms with van der Waals surface area (Å²) >= 11 is 5.87. The summed E-state index contributed by atoms with van der Waals surface area (Å²) < 4.78 is 0. The van der Waals surface area contributed by atoms with Gasteiger partial charge in [0.2, 0.25) is 0 Å². The molecule has 0 saturated heterocycles. The predicted molar refractivity (Wildman–Crippen MR) is 47.8 cm³/mol. The highest BCUT2D eigenvalue weighted by Crippen LogP contribution is 2.28. The monoisotopic (exact) mass is 198 g/mol. The lowest BCUT2D eigenvalue weighted by atomic mass is 10.1. The maximum atomic E-state index is 11.0. The third-order valence-corrected chi connectivity index (χ3v) is 2.26. The van der Waals surface area contributed by atoms with E-state index in [9.17, 15) is 4.79 Å². The molecule has 2 N–H and O–H groups in total. The van der Waals surface area contributed by atoms with Crippen molar-refractivity contribution < 1.29 is 10.0 Å². The van der Waals surface area contributed by atoms with Crippen LogP contribution >= 0.6 is 11.6 Å². The Labute approximate surface area is 79.7 Å². The summed E-state index contributed by atoms with van der Waals surface area (Å²) in [6.07, 6.45) is 0. The van der Waals surface area contributed by atoms with Gasteiger partial charge in [-0.2, -0.15) is 0 Å². The fourth-order valence-corrected chi connectivity index (χ4v) is 1.47. The number of carbonyl (C=O) groups excluding carboxylic acids is 1. The van der Waals surface area contributed by atoms with Crippen molar-refractivity contribution in [1.29, 1.82) is 0 Å². The molecule has 0 atom stereocenters. The number of amides is 2. The molecule has 0 saturated carbocycles. The van der Waals surface area contributed by atoms with E-state index in [1.165, 1.54) is 0 Å². The quantitative estimate of drug-likeness (QED) is 0.627. The van der Waals surface area contributed by atoms with Crippen LogP contribution in [0.25, 0.3) is 0 Å². The van der Waals surface area contributed by atoms with E-state index in [-0.39, 0.29) is 6.54 Å². The van der Waals surface area contributed by atoms with Gasteiger partial charge in [-0.15, -0.1) is 0 Å². The van der Waals surface area contributed by atoms with E-state index in [0.29, 0.717) is 15.8 Å². The Kier molecular flexibility index (Phi) is 1.86. The molecule has 0 fully saturated rings. The molecular weight excluding hydrogens is 192 g/mol. The number of hydroxylamine groups is 2. The van der Waals surface area contributed by atoms with Gasteiger partial charge in [0.1, 0.15) is 0 Å². The fraction of sp³-hybridized carbons (Fsp3) is 0.125. The number of nitrogens with zero attached hydrogens (tertiary/aromatic N) is 1. The number of fused-ring (bicyclic) bond motifs is 1. The molecule has 1 aliphatic heterocycles. The Morgan fingerprint density at radius 2 is 2.31 bits per heavy atom. The molecule has 68 valence electrons. The highest BCUT2D eigenvalue weighted by molar-refractivity contribution is 6.32. The van der Waals surface area contributed by atoms with Crippen LogP contribution in [0, 0.1) is 0 Å². The average Bonchev–Trinajstić information content (AvgIpc) is 2.09. The van der Waals surface area contributed by atoms with Gasteiger partial charge in [-0.05, 0) is 12.1 Å². The minimum absolute atomic E-state index is 0.126. The van der Waals surface area contributed by atoms with Crippen molar-refractivity contribution in [2.75, 3.05) is 5.32 Å². The van der Waals surface area contributed by atoms with E-state index >= 15 is 0 Å². The second kappa shape index (κ2) is 2.90. The van der Waals surface area contributed by atoms with E-state index in [1.54, 1.807) is 18.2 Å². The van der Waals surface area contributed by atoms with Gasteiger partial charge in [0.15, 0.2) is 0 Å². The van der Waals surface area contributed by atoms with Gasteiger partial charge in [-0.3, -0.25) is 5.21 Å². The van der Waals surface area contributed by atoms with Crippen molar-refractivity contribution in [1.82, 2.24) is 5.06 Å². The molecule has 0 bridgehead atoms. The van der Waals surface area contributed by atoms with E-state index in [2.05, 4.69) is 5.32 Å². The SMILES string of the molecule is O=C1Nc2cccc(Cl)c2CN1O. The van der Waals surface area contributed by atoms with Crippen LogP contribution in [0.15, 0.2) is 18.2 Å². The lowest BCUT2D eigenvalue weighted by Gasteiger charge is -2.24. The summed E-state index contributed by atoms with van der Waals surface area (Å²) in [4.78, 5) is 11.0. The number of urea groups is 1. The summed E-state index contributed by atoms with van der Waals surface area (Å²) in [5, 5.41) is 12.7. The van der Waals surface area contributed by atoms with Crippen LogP contribution in [-0.2, 0) is 6.54 Å². The molecule has 0 radical (unpaired) electrons. The summed E-state index contributed by atoms with van der Waals surface area (Å²) in [6.45, 7) is 0.126. The first-order valence-electron chi connectivity index (χ1n) is 3.73. The molecule has 5 heteroatoms. The topological polar surface area (TPSA) is 52.6 Å². The zero-order valence-electron chi connectivity index (χ0n) is 6.62. The normalized spacial score (nSPS) is 15.2. The van der Waals surface area contributed by atoms with Crippen molar-refractivity contribution in [2.24, 2.45) is 0 Å². The Morgan fingerprint density at radius 3 is 3.08 bits per heavy atom. The Morgan fingerprint density at radius 1 is 1.54 bits per heavy atom. The van der Waals surface area contributed by atoms with Crippen LogP contribution in [0.4, 0.5) is 10.5 Å². The van der Waals surface area contributed by atoms with E-state index < -0.39 is 6.03 Å². The smallest absolute Gasteiger partial charge is 0.306 e. The first kappa shape index (κ1) is 8.34. The van der Waals surface area contributed by atoms with Gasteiger partial charge in [0.05, 0.1) is 6.54 Å². The van der Waals surface area contributed by atoms with Crippen molar-refractivity contribution >= 4 is 23.3 Å².